The van der Waals surface area contributed by atoms with Crippen LogP contribution in [0.3, 0.4) is 0 Å². The van der Waals surface area contributed by atoms with Crippen molar-refractivity contribution in [2.24, 2.45) is 0 Å². The molecule has 0 bridgehead atoms. The van der Waals surface area contributed by atoms with Crippen molar-refractivity contribution >= 4 is 0 Å². The van der Waals surface area contributed by atoms with Gasteiger partial charge in [0.15, 0.2) is 0 Å². The Morgan fingerprint density at radius 2 is 1.42 bits per heavy atom. The van der Waals surface area contributed by atoms with Gasteiger partial charge in [0.25, 0.3) is 0 Å². The summed E-state index contributed by atoms with van der Waals surface area (Å²) in [5.41, 5.74) is 5.56. The van der Waals surface area contributed by atoms with Crippen LogP contribution in [0.1, 0.15) is 40.5 Å². The summed E-state index contributed by atoms with van der Waals surface area (Å²) >= 11 is 0. The molecule has 0 fully saturated rings. The molecule has 2 heteroatoms. The molecule has 0 aliphatic heterocycles. The fourth-order valence-corrected chi connectivity index (χ4v) is 4.21. The highest BCUT2D eigenvalue weighted by Gasteiger charge is 2.32. The van der Waals surface area contributed by atoms with Crippen LogP contribution in [0.25, 0.3) is 0 Å². The molecule has 26 heavy (non-hydrogen) atoms. The molecule has 3 aromatic carbocycles. The highest BCUT2D eigenvalue weighted by molar-refractivity contribution is 5.48. The summed E-state index contributed by atoms with van der Waals surface area (Å²) in [6, 6.07) is 26.0. The van der Waals surface area contributed by atoms with E-state index in [9.17, 15) is 0 Å². The van der Waals surface area contributed by atoms with E-state index < -0.39 is 0 Å². The van der Waals surface area contributed by atoms with Gasteiger partial charge in [0.1, 0.15) is 11.5 Å². The summed E-state index contributed by atoms with van der Waals surface area (Å²) in [5, 5.41) is 0. The van der Waals surface area contributed by atoms with Crippen molar-refractivity contribution in [1.82, 2.24) is 0 Å². The van der Waals surface area contributed by atoms with Crippen LogP contribution in [0.15, 0.2) is 72.8 Å². The van der Waals surface area contributed by atoms with Crippen molar-refractivity contribution in [2.75, 3.05) is 14.2 Å². The molecule has 1 aliphatic rings. The van der Waals surface area contributed by atoms with Gasteiger partial charge < -0.3 is 9.47 Å². The Labute approximate surface area is 155 Å². The molecule has 0 spiro atoms. The van der Waals surface area contributed by atoms with E-state index in [1.807, 2.05) is 0 Å². The predicted molar refractivity (Wildman–Crippen MR) is 105 cm³/mol. The van der Waals surface area contributed by atoms with Gasteiger partial charge in [-0.1, -0.05) is 48.5 Å². The molecule has 4 rings (SSSR count). The quantitative estimate of drug-likeness (QED) is 0.616. The number of hydrogen-bond donors (Lipinski definition) is 0. The smallest absolute Gasteiger partial charge is 0.119 e. The van der Waals surface area contributed by atoms with Crippen molar-refractivity contribution in [3.63, 3.8) is 0 Å². The zero-order valence-electron chi connectivity index (χ0n) is 15.3. The van der Waals surface area contributed by atoms with Crippen LogP contribution >= 0.6 is 0 Å². The number of fused-ring (bicyclic) bond motifs is 1. The second-order valence-corrected chi connectivity index (χ2v) is 6.87. The lowest BCUT2D eigenvalue weighted by Crippen LogP contribution is -2.20. The van der Waals surface area contributed by atoms with Crippen LogP contribution in [-0.4, -0.2) is 14.2 Å². The SMILES string of the molecule is COc1ccc([C@@H]2c3ccc(OC)cc3CC[C@@H]2c2ccccc2)cc1. The summed E-state index contributed by atoms with van der Waals surface area (Å²) < 4.78 is 10.8. The summed E-state index contributed by atoms with van der Waals surface area (Å²) in [7, 11) is 3.45. The van der Waals surface area contributed by atoms with Crippen LogP contribution in [-0.2, 0) is 6.42 Å². The maximum Gasteiger partial charge on any atom is 0.119 e. The van der Waals surface area contributed by atoms with Crippen molar-refractivity contribution in [3.8, 4) is 11.5 Å². The normalized spacial score (nSPS) is 18.8. The Balaban J connectivity index is 1.82. The van der Waals surface area contributed by atoms with E-state index in [0.29, 0.717) is 11.8 Å². The first-order valence-electron chi connectivity index (χ1n) is 9.16. The first kappa shape index (κ1) is 16.7. The summed E-state index contributed by atoms with van der Waals surface area (Å²) in [6.07, 6.45) is 2.22. The van der Waals surface area contributed by atoms with Crippen LogP contribution in [0, 0.1) is 0 Å². The van der Waals surface area contributed by atoms with Gasteiger partial charge in [-0.3, -0.25) is 0 Å². The number of rotatable bonds is 4. The molecule has 0 saturated carbocycles. The summed E-state index contributed by atoms with van der Waals surface area (Å²) in [5.74, 6) is 2.66. The van der Waals surface area contributed by atoms with Gasteiger partial charge in [-0.05, 0) is 65.3 Å². The van der Waals surface area contributed by atoms with Gasteiger partial charge in [-0.25, -0.2) is 0 Å². The van der Waals surface area contributed by atoms with Crippen molar-refractivity contribution in [2.45, 2.75) is 24.7 Å². The van der Waals surface area contributed by atoms with Crippen LogP contribution in [0.2, 0.25) is 0 Å². The monoisotopic (exact) mass is 344 g/mol. The zero-order chi connectivity index (χ0) is 17.9. The summed E-state index contributed by atoms with van der Waals surface area (Å²) in [4.78, 5) is 0. The Hall–Kier alpha value is -2.74. The molecular weight excluding hydrogens is 320 g/mol. The molecular formula is C24H24O2. The van der Waals surface area contributed by atoms with E-state index in [1.54, 1.807) is 14.2 Å². The van der Waals surface area contributed by atoms with Crippen LogP contribution < -0.4 is 9.47 Å². The minimum atomic E-state index is 0.345. The maximum atomic E-state index is 5.45. The third-order valence-electron chi connectivity index (χ3n) is 5.51. The average Bonchev–Trinajstić information content (AvgIpc) is 2.73. The third kappa shape index (κ3) is 3.08. The highest BCUT2D eigenvalue weighted by atomic mass is 16.5. The molecule has 3 aromatic rings. The third-order valence-corrected chi connectivity index (χ3v) is 5.51. The molecule has 0 unspecified atom stereocenters. The lowest BCUT2D eigenvalue weighted by atomic mass is 9.69. The number of ether oxygens (including phenoxy) is 2. The van der Waals surface area contributed by atoms with E-state index in [0.717, 1.165) is 24.3 Å². The molecule has 2 atom stereocenters. The molecule has 132 valence electrons. The number of benzene rings is 3. The van der Waals surface area contributed by atoms with Gasteiger partial charge in [0.2, 0.25) is 0 Å². The van der Waals surface area contributed by atoms with Crippen LogP contribution in [0.4, 0.5) is 0 Å². The molecule has 2 nitrogen and oxygen atoms in total. The number of aryl methyl sites for hydroxylation is 1. The molecule has 0 N–H and O–H groups in total. The largest absolute Gasteiger partial charge is 0.497 e. The minimum Gasteiger partial charge on any atom is -0.497 e. The lowest BCUT2D eigenvalue weighted by Gasteiger charge is -2.35. The topological polar surface area (TPSA) is 18.5 Å². The van der Waals surface area contributed by atoms with Gasteiger partial charge >= 0.3 is 0 Å². The molecule has 0 saturated heterocycles. The Morgan fingerprint density at radius 3 is 2.12 bits per heavy atom. The number of methoxy groups -OCH3 is 2. The van der Waals surface area contributed by atoms with Gasteiger partial charge in [0, 0.05) is 5.92 Å². The van der Waals surface area contributed by atoms with Gasteiger partial charge in [-0.2, -0.15) is 0 Å². The summed E-state index contributed by atoms with van der Waals surface area (Å²) in [6.45, 7) is 0. The predicted octanol–water partition coefficient (Wildman–Crippen LogP) is 5.57. The Kier molecular flexibility index (Phi) is 4.66. The Bertz CT molecular complexity index is 868. The first-order chi connectivity index (χ1) is 12.8. The van der Waals surface area contributed by atoms with Crippen molar-refractivity contribution < 1.29 is 9.47 Å². The van der Waals surface area contributed by atoms with Crippen LogP contribution in [0.5, 0.6) is 11.5 Å². The molecule has 0 radical (unpaired) electrons. The Morgan fingerprint density at radius 1 is 0.731 bits per heavy atom. The van der Waals surface area contributed by atoms with E-state index >= 15 is 0 Å². The van der Waals surface area contributed by atoms with Crippen molar-refractivity contribution in [3.05, 3.63) is 95.1 Å². The fourth-order valence-electron chi connectivity index (χ4n) is 4.21. The van der Waals surface area contributed by atoms with E-state index in [2.05, 4.69) is 72.8 Å². The van der Waals surface area contributed by atoms with E-state index in [-0.39, 0.29) is 0 Å². The second-order valence-electron chi connectivity index (χ2n) is 6.87. The molecule has 0 amide bonds. The molecule has 0 aromatic heterocycles. The zero-order valence-corrected chi connectivity index (χ0v) is 15.3. The van der Waals surface area contributed by atoms with Gasteiger partial charge in [0.05, 0.1) is 14.2 Å². The maximum absolute atomic E-state index is 5.45. The molecule has 0 heterocycles. The second kappa shape index (κ2) is 7.25. The average molecular weight is 344 g/mol. The lowest BCUT2D eigenvalue weighted by molar-refractivity contribution is 0.412. The standard InChI is InChI=1S/C24H24O2/c1-25-20-11-8-18(9-12-20)24-22(17-6-4-3-5-7-17)14-10-19-16-21(26-2)13-15-23(19)24/h3-9,11-13,15-16,22,24H,10,14H2,1-2H3/t22-,24+/m1/s1. The van der Waals surface area contributed by atoms with Crippen molar-refractivity contribution in [1.29, 1.82) is 0 Å². The number of hydrogen-bond acceptors (Lipinski definition) is 2. The van der Waals surface area contributed by atoms with Gasteiger partial charge in [-0.15, -0.1) is 0 Å². The highest BCUT2D eigenvalue weighted by Crippen LogP contribution is 2.47. The van der Waals surface area contributed by atoms with E-state index in [1.165, 1.54) is 22.3 Å². The van der Waals surface area contributed by atoms with E-state index in [4.69, 9.17) is 9.47 Å². The molecule has 1 aliphatic carbocycles. The minimum absolute atomic E-state index is 0.345. The fraction of sp³-hybridized carbons (Fsp3) is 0.250. The first-order valence-corrected chi connectivity index (χ1v) is 9.16.